The topological polar surface area (TPSA) is 41.1 Å². The van der Waals surface area contributed by atoms with Gasteiger partial charge in [0.15, 0.2) is 0 Å². The van der Waals surface area contributed by atoms with E-state index in [-0.39, 0.29) is 0 Å². The lowest BCUT2D eigenvalue weighted by molar-refractivity contribution is 0.732. The molecule has 4 nitrogen and oxygen atoms in total. The zero-order valence-electron chi connectivity index (χ0n) is 14.1. The molecule has 1 N–H and O–H groups in total. The molecule has 0 bridgehead atoms. The number of hydrogen-bond acceptors (Lipinski definition) is 4. The van der Waals surface area contributed by atoms with Crippen molar-refractivity contribution in [3.05, 3.63) is 41.6 Å². The summed E-state index contributed by atoms with van der Waals surface area (Å²) < 4.78 is 0. The van der Waals surface area contributed by atoms with E-state index in [0.717, 1.165) is 43.1 Å². The molecule has 22 heavy (non-hydrogen) atoms. The second-order valence-electron chi connectivity index (χ2n) is 5.67. The molecule has 0 amide bonds. The minimum atomic E-state index is 0.665. The highest BCUT2D eigenvalue weighted by atomic mass is 15.2. The van der Waals surface area contributed by atoms with Gasteiger partial charge in [-0.2, -0.15) is 4.98 Å². The summed E-state index contributed by atoms with van der Waals surface area (Å²) in [5.41, 5.74) is 3.22. The quantitative estimate of drug-likeness (QED) is 0.819. The monoisotopic (exact) mass is 298 g/mol. The van der Waals surface area contributed by atoms with Crippen molar-refractivity contribution in [1.82, 2.24) is 9.97 Å². The Kier molecular flexibility index (Phi) is 5.75. The first kappa shape index (κ1) is 16.3. The molecule has 2 rings (SSSR count). The maximum Gasteiger partial charge on any atom is 0.229 e. The summed E-state index contributed by atoms with van der Waals surface area (Å²) in [7, 11) is 0. The van der Waals surface area contributed by atoms with Gasteiger partial charge in [0.25, 0.3) is 0 Å². The number of aryl methyl sites for hydroxylation is 2. The average Bonchev–Trinajstić information content (AvgIpc) is 2.46. The highest BCUT2D eigenvalue weighted by molar-refractivity contribution is 5.56. The van der Waals surface area contributed by atoms with Gasteiger partial charge < -0.3 is 10.2 Å². The van der Waals surface area contributed by atoms with Crippen LogP contribution in [-0.4, -0.2) is 23.1 Å². The van der Waals surface area contributed by atoms with Crippen molar-refractivity contribution in [3.8, 4) is 0 Å². The Morgan fingerprint density at radius 3 is 2.36 bits per heavy atom. The molecule has 0 spiro atoms. The van der Waals surface area contributed by atoms with Crippen LogP contribution in [0.2, 0.25) is 0 Å². The molecule has 1 aromatic carbocycles. The molecule has 0 fully saturated rings. The molecule has 0 aliphatic heterocycles. The fraction of sp³-hybridized carbons (Fsp3) is 0.444. The number of nitrogens with zero attached hydrogens (tertiary/aromatic N) is 3. The van der Waals surface area contributed by atoms with Gasteiger partial charge in [0.05, 0.1) is 0 Å². The summed E-state index contributed by atoms with van der Waals surface area (Å²) in [5, 5.41) is 3.32. The average molecular weight is 298 g/mol. The van der Waals surface area contributed by atoms with Crippen molar-refractivity contribution in [2.45, 2.75) is 40.5 Å². The van der Waals surface area contributed by atoms with E-state index in [4.69, 9.17) is 4.98 Å². The van der Waals surface area contributed by atoms with E-state index >= 15 is 0 Å². The van der Waals surface area contributed by atoms with Crippen LogP contribution in [0, 0.1) is 13.8 Å². The Morgan fingerprint density at radius 2 is 1.73 bits per heavy atom. The SMILES string of the molecule is CCCN(CCC)c1cc(C)nc(Nc2cccc(C)c2)n1. The summed E-state index contributed by atoms with van der Waals surface area (Å²) in [6.45, 7) is 10.5. The second-order valence-corrected chi connectivity index (χ2v) is 5.67. The molecule has 118 valence electrons. The van der Waals surface area contributed by atoms with Crippen LogP contribution in [0.4, 0.5) is 17.5 Å². The van der Waals surface area contributed by atoms with Gasteiger partial charge in [-0.05, 0) is 44.4 Å². The maximum atomic E-state index is 4.70. The summed E-state index contributed by atoms with van der Waals surface area (Å²) in [5.74, 6) is 1.67. The first-order valence-electron chi connectivity index (χ1n) is 8.06. The highest BCUT2D eigenvalue weighted by Gasteiger charge is 2.09. The molecular formula is C18H26N4. The van der Waals surface area contributed by atoms with Gasteiger partial charge in [0.2, 0.25) is 5.95 Å². The molecule has 0 aliphatic carbocycles. The van der Waals surface area contributed by atoms with Gasteiger partial charge in [-0.15, -0.1) is 0 Å². The minimum absolute atomic E-state index is 0.665. The molecule has 1 aromatic heterocycles. The van der Waals surface area contributed by atoms with Crippen LogP contribution in [0.3, 0.4) is 0 Å². The van der Waals surface area contributed by atoms with Crippen LogP contribution in [-0.2, 0) is 0 Å². The Hall–Kier alpha value is -2.10. The normalized spacial score (nSPS) is 10.5. The van der Waals surface area contributed by atoms with E-state index in [2.05, 4.69) is 54.2 Å². The van der Waals surface area contributed by atoms with E-state index in [9.17, 15) is 0 Å². The van der Waals surface area contributed by atoms with Gasteiger partial charge >= 0.3 is 0 Å². The second kappa shape index (κ2) is 7.78. The molecule has 0 aliphatic rings. The number of benzene rings is 1. The van der Waals surface area contributed by atoms with Crippen molar-refractivity contribution in [2.24, 2.45) is 0 Å². The predicted molar refractivity (Wildman–Crippen MR) is 94.0 cm³/mol. The van der Waals surface area contributed by atoms with Crippen LogP contribution < -0.4 is 10.2 Å². The number of hydrogen-bond donors (Lipinski definition) is 1. The standard InChI is InChI=1S/C18H26N4/c1-5-10-22(11-6-2)17-13-15(4)19-18(21-17)20-16-9-7-8-14(3)12-16/h7-9,12-13H,5-6,10-11H2,1-4H3,(H,19,20,21). The highest BCUT2D eigenvalue weighted by Crippen LogP contribution is 2.19. The van der Waals surface area contributed by atoms with Gasteiger partial charge in [0, 0.05) is 30.5 Å². The molecule has 1 heterocycles. The van der Waals surface area contributed by atoms with E-state index < -0.39 is 0 Å². The maximum absolute atomic E-state index is 4.70. The predicted octanol–water partition coefficient (Wildman–Crippen LogP) is 4.46. The number of nitrogens with one attached hydrogen (secondary N) is 1. The lowest BCUT2D eigenvalue weighted by Gasteiger charge is -2.23. The van der Waals surface area contributed by atoms with Crippen molar-refractivity contribution in [1.29, 1.82) is 0 Å². The largest absolute Gasteiger partial charge is 0.356 e. The smallest absolute Gasteiger partial charge is 0.229 e. The van der Waals surface area contributed by atoms with E-state index in [1.165, 1.54) is 5.56 Å². The third-order valence-electron chi connectivity index (χ3n) is 3.43. The van der Waals surface area contributed by atoms with Crippen molar-refractivity contribution in [3.63, 3.8) is 0 Å². The molecule has 2 aromatic rings. The molecule has 0 saturated heterocycles. The molecule has 0 radical (unpaired) electrons. The third kappa shape index (κ3) is 4.45. The first-order chi connectivity index (χ1) is 10.6. The number of aromatic nitrogens is 2. The van der Waals surface area contributed by atoms with E-state index in [1.807, 2.05) is 19.1 Å². The molecular weight excluding hydrogens is 272 g/mol. The molecule has 0 atom stereocenters. The molecule has 0 saturated carbocycles. The van der Waals surface area contributed by atoms with Crippen molar-refractivity contribution >= 4 is 17.5 Å². The fourth-order valence-electron chi connectivity index (χ4n) is 2.50. The van der Waals surface area contributed by atoms with Gasteiger partial charge in [-0.25, -0.2) is 4.98 Å². The first-order valence-corrected chi connectivity index (χ1v) is 8.06. The lowest BCUT2D eigenvalue weighted by atomic mass is 10.2. The van der Waals surface area contributed by atoms with E-state index in [0.29, 0.717) is 5.95 Å². The zero-order valence-corrected chi connectivity index (χ0v) is 14.1. The number of anilines is 3. The van der Waals surface area contributed by atoms with Crippen LogP contribution in [0.1, 0.15) is 37.9 Å². The van der Waals surface area contributed by atoms with E-state index in [1.54, 1.807) is 0 Å². The van der Waals surface area contributed by atoms with Gasteiger partial charge in [-0.3, -0.25) is 0 Å². The summed E-state index contributed by atoms with van der Waals surface area (Å²) in [6.07, 6.45) is 2.23. The van der Waals surface area contributed by atoms with Crippen molar-refractivity contribution in [2.75, 3.05) is 23.3 Å². The van der Waals surface area contributed by atoms with Crippen LogP contribution in [0.15, 0.2) is 30.3 Å². The third-order valence-corrected chi connectivity index (χ3v) is 3.43. The number of rotatable bonds is 7. The van der Waals surface area contributed by atoms with Crippen LogP contribution in [0.5, 0.6) is 0 Å². The van der Waals surface area contributed by atoms with Gasteiger partial charge in [-0.1, -0.05) is 26.0 Å². The summed E-state index contributed by atoms with van der Waals surface area (Å²) >= 11 is 0. The van der Waals surface area contributed by atoms with Crippen LogP contribution >= 0.6 is 0 Å². The zero-order chi connectivity index (χ0) is 15.9. The summed E-state index contributed by atoms with van der Waals surface area (Å²) in [6, 6.07) is 10.3. The fourth-order valence-corrected chi connectivity index (χ4v) is 2.50. The van der Waals surface area contributed by atoms with Gasteiger partial charge in [0.1, 0.15) is 5.82 Å². The van der Waals surface area contributed by atoms with Crippen LogP contribution in [0.25, 0.3) is 0 Å². The van der Waals surface area contributed by atoms with Crippen molar-refractivity contribution < 1.29 is 0 Å². The lowest BCUT2D eigenvalue weighted by Crippen LogP contribution is -2.26. The molecule has 4 heteroatoms. The molecule has 0 unspecified atom stereocenters. The Morgan fingerprint density at radius 1 is 1.00 bits per heavy atom. The Balaban J connectivity index is 2.25. The summed E-state index contributed by atoms with van der Waals surface area (Å²) in [4.78, 5) is 11.5. The Bertz CT molecular complexity index is 604. The minimum Gasteiger partial charge on any atom is -0.356 e. The Labute approximate surface area is 133 Å².